The second-order valence-corrected chi connectivity index (χ2v) is 10.5. The Labute approximate surface area is 228 Å². The van der Waals surface area contributed by atoms with Crippen LogP contribution in [0.15, 0.2) is 40.8 Å². The molecule has 2 aromatic rings. The number of ether oxygens (including phenoxy) is 3. The lowest BCUT2D eigenvalue weighted by Gasteiger charge is -2.31. The smallest absolute Gasteiger partial charge is 0.318 e. The molecule has 0 radical (unpaired) electrons. The second kappa shape index (κ2) is 13.1. The third-order valence-corrected chi connectivity index (χ3v) is 7.50. The zero-order valence-electron chi connectivity index (χ0n) is 22.5. The van der Waals surface area contributed by atoms with E-state index in [0.29, 0.717) is 44.2 Å². The predicted molar refractivity (Wildman–Crippen MR) is 147 cm³/mol. The average molecular weight is 544 g/mol. The molecule has 2 aliphatic rings. The van der Waals surface area contributed by atoms with E-state index < -0.39 is 0 Å². The van der Waals surface area contributed by atoms with Crippen molar-refractivity contribution < 1.29 is 23.8 Å². The number of carbonyl (C=O) groups excluding carboxylic acids is 2. The monoisotopic (exact) mass is 543 g/mol. The van der Waals surface area contributed by atoms with Crippen molar-refractivity contribution in [2.24, 2.45) is 5.10 Å². The van der Waals surface area contributed by atoms with Crippen molar-refractivity contribution >= 4 is 29.0 Å². The average Bonchev–Trinajstić information content (AvgIpc) is 3.61. The SMILES string of the molecule is COc1ccc(C2CC(c3cccs3)=NN2C(=O)CN(CCN2CCOCC2)C(=O)NC(C)C)cc1OC. The van der Waals surface area contributed by atoms with E-state index >= 15 is 0 Å². The van der Waals surface area contributed by atoms with E-state index in [1.807, 2.05) is 49.6 Å². The first-order valence-electron chi connectivity index (χ1n) is 12.9. The summed E-state index contributed by atoms with van der Waals surface area (Å²) >= 11 is 1.59. The highest BCUT2D eigenvalue weighted by atomic mass is 32.1. The Bertz CT molecular complexity index is 1120. The van der Waals surface area contributed by atoms with E-state index in [1.54, 1.807) is 30.5 Å². The Hall–Kier alpha value is -3.15. The number of hydrogen-bond donors (Lipinski definition) is 1. The standard InChI is InChI=1S/C27H37N5O5S/c1-19(2)28-27(34)31(10-9-30-11-13-37-14-12-30)18-26(33)32-22(17-21(29-32)25-6-5-15-38-25)20-7-8-23(35-3)24(16-20)36-4/h5-8,15-16,19,22H,9-14,17-18H2,1-4H3,(H,28,34). The quantitative estimate of drug-likeness (QED) is 0.495. The molecule has 10 nitrogen and oxygen atoms in total. The molecule has 0 spiro atoms. The van der Waals surface area contributed by atoms with Gasteiger partial charge < -0.3 is 24.4 Å². The highest BCUT2D eigenvalue weighted by Gasteiger charge is 2.35. The minimum Gasteiger partial charge on any atom is -0.493 e. The van der Waals surface area contributed by atoms with Crippen molar-refractivity contribution in [1.82, 2.24) is 20.1 Å². The van der Waals surface area contributed by atoms with Gasteiger partial charge in [-0.2, -0.15) is 5.10 Å². The fourth-order valence-electron chi connectivity index (χ4n) is 4.56. The lowest BCUT2D eigenvalue weighted by Crippen LogP contribution is -2.50. The van der Waals surface area contributed by atoms with Crippen LogP contribution in [0.1, 0.15) is 36.8 Å². The van der Waals surface area contributed by atoms with Gasteiger partial charge in [0.15, 0.2) is 11.5 Å². The topological polar surface area (TPSA) is 95.9 Å². The number of nitrogens with one attached hydrogen (secondary N) is 1. The minimum absolute atomic E-state index is 0.0433. The van der Waals surface area contributed by atoms with Crippen LogP contribution in [0.2, 0.25) is 0 Å². The summed E-state index contributed by atoms with van der Waals surface area (Å²) in [5, 5.41) is 11.2. The summed E-state index contributed by atoms with van der Waals surface area (Å²) < 4.78 is 16.4. The van der Waals surface area contributed by atoms with Crippen molar-refractivity contribution in [2.45, 2.75) is 32.4 Å². The molecule has 1 fully saturated rings. The third-order valence-electron chi connectivity index (χ3n) is 6.58. The Balaban J connectivity index is 1.57. The summed E-state index contributed by atoms with van der Waals surface area (Å²) in [5.41, 5.74) is 1.73. The predicted octanol–water partition coefficient (Wildman–Crippen LogP) is 3.20. The van der Waals surface area contributed by atoms with E-state index in [4.69, 9.17) is 19.3 Å². The largest absolute Gasteiger partial charge is 0.493 e. The maximum Gasteiger partial charge on any atom is 0.318 e. The molecule has 4 rings (SSSR count). The van der Waals surface area contributed by atoms with Crippen LogP contribution in [0.5, 0.6) is 11.5 Å². The molecule has 0 aliphatic carbocycles. The number of morpholine rings is 1. The van der Waals surface area contributed by atoms with Crippen LogP contribution >= 0.6 is 11.3 Å². The van der Waals surface area contributed by atoms with Gasteiger partial charge >= 0.3 is 6.03 Å². The van der Waals surface area contributed by atoms with Gasteiger partial charge in [0.1, 0.15) is 6.54 Å². The van der Waals surface area contributed by atoms with Gasteiger partial charge in [0.05, 0.1) is 44.1 Å². The Morgan fingerprint density at radius 1 is 1.18 bits per heavy atom. The first-order chi connectivity index (χ1) is 18.4. The number of nitrogens with zero attached hydrogens (tertiary/aromatic N) is 4. The Morgan fingerprint density at radius 2 is 1.95 bits per heavy atom. The number of urea groups is 1. The molecule has 2 aliphatic heterocycles. The molecular weight excluding hydrogens is 506 g/mol. The van der Waals surface area contributed by atoms with Crippen molar-refractivity contribution in [3.63, 3.8) is 0 Å². The van der Waals surface area contributed by atoms with Gasteiger partial charge in [-0.3, -0.25) is 9.69 Å². The number of hydrazone groups is 1. The van der Waals surface area contributed by atoms with E-state index in [-0.39, 0.29) is 30.6 Å². The van der Waals surface area contributed by atoms with Crippen LogP contribution in [-0.2, 0) is 9.53 Å². The fraction of sp³-hybridized carbons (Fsp3) is 0.519. The molecule has 1 atom stereocenters. The molecule has 206 valence electrons. The number of amides is 3. The number of carbonyl (C=O) groups is 2. The van der Waals surface area contributed by atoms with Crippen molar-refractivity contribution in [1.29, 1.82) is 0 Å². The van der Waals surface area contributed by atoms with Crippen LogP contribution in [0.25, 0.3) is 0 Å². The van der Waals surface area contributed by atoms with Gasteiger partial charge in [-0.1, -0.05) is 12.1 Å². The molecule has 0 saturated carbocycles. The molecule has 1 aromatic heterocycles. The van der Waals surface area contributed by atoms with Gasteiger partial charge in [-0.05, 0) is 43.0 Å². The first-order valence-corrected chi connectivity index (χ1v) is 13.8. The number of hydrogen-bond acceptors (Lipinski definition) is 8. The van der Waals surface area contributed by atoms with Crippen LogP contribution in [0.4, 0.5) is 4.79 Å². The fourth-order valence-corrected chi connectivity index (χ4v) is 5.29. The van der Waals surface area contributed by atoms with Gasteiger partial charge in [0, 0.05) is 38.6 Å². The number of methoxy groups -OCH3 is 2. The Morgan fingerprint density at radius 3 is 2.61 bits per heavy atom. The lowest BCUT2D eigenvalue weighted by molar-refractivity contribution is -0.133. The van der Waals surface area contributed by atoms with Crippen LogP contribution in [-0.4, -0.2) is 98.7 Å². The summed E-state index contributed by atoms with van der Waals surface area (Å²) in [5.74, 6) is 0.966. The van der Waals surface area contributed by atoms with E-state index in [9.17, 15) is 9.59 Å². The summed E-state index contributed by atoms with van der Waals surface area (Å²) in [6, 6.07) is 9.01. The maximum atomic E-state index is 13.8. The highest BCUT2D eigenvalue weighted by molar-refractivity contribution is 7.12. The number of rotatable bonds is 10. The molecule has 38 heavy (non-hydrogen) atoms. The Kier molecular flexibility index (Phi) is 9.59. The molecule has 3 heterocycles. The third kappa shape index (κ3) is 6.83. The van der Waals surface area contributed by atoms with Gasteiger partial charge in [-0.15, -0.1) is 11.3 Å². The summed E-state index contributed by atoms with van der Waals surface area (Å²) in [7, 11) is 3.18. The van der Waals surface area contributed by atoms with Gasteiger partial charge in [0.25, 0.3) is 5.91 Å². The molecule has 0 bridgehead atoms. The summed E-state index contributed by atoms with van der Waals surface area (Å²) in [6.45, 7) is 7.83. The zero-order chi connectivity index (χ0) is 27.1. The van der Waals surface area contributed by atoms with Crippen LogP contribution in [0, 0.1) is 0 Å². The molecule has 11 heteroatoms. The first kappa shape index (κ1) is 27.9. The summed E-state index contributed by atoms with van der Waals surface area (Å²) in [6.07, 6.45) is 0.563. The molecule has 1 unspecified atom stereocenters. The van der Waals surface area contributed by atoms with E-state index in [1.165, 1.54) is 5.01 Å². The lowest BCUT2D eigenvalue weighted by atomic mass is 10.0. The van der Waals surface area contributed by atoms with Gasteiger partial charge in [-0.25, -0.2) is 9.80 Å². The highest BCUT2D eigenvalue weighted by Crippen LogP contribution is 2.38. The van der Waals surface area contributed by atoms with E-state index in [0.717, 1.165) is 29.2 Å². The summed E-state index contributed by atoms with van der Waals surface area (Å²) in [4.78, 5) is 31.7. The van der Waals surface area contributed by atoms with E-state index in [2.05, 4.69) is 10.2 Å². The molecule has 1 N–H and O–H groups in total. The molecule has 3 amide bonds. The van der Waals surface area contributed by atoms with Gasteiger partial charge in [0.2, 0.25) is 0 Å². The van der Waals surface area contributed by atoms with Crippen molar-refractivity contribution in [3.8, 4) is 11.5 Å². The van der Waals surface area contributed by atoms with Crippen LogP contribution < -0.4 is 14.8 Å². The van der Waals surface area contributed by atoms with Crippen molar-refractivity contribution in [3.05, 3.63) is 46.2 Å². The number of thiophene rings is 1. The second-order valence-electron chi connectivity index (χ2n) is 9.58. The normalized spacial score (nSPS) is 17.9. The zero-order valence-corrected chi connectivity index (χ0v) is 23.3. The maximum absolute atomic E-state index is 13.8. The number of benzene rings is 1. The minimum atomic E-state index is -0.325. The molecular formula is C27H37N5O5S. The molecule has 1 saturated heterocycles. The van der Waals surface area contributed by atoms with Crippen molar-refractivity contribution in [2.75, 3.05) is 60.2 Å². The van der Waals surface area contributed by atoms with Crippen LogP contribution in [0.3, 0.4) is 0 Å². The molecule has 1 aromatic carbocycles.